The summed E-state index contributed by atoms with van der Waals surface area (Å²) in [5.41, 5.74) is 1.49. The van der Waals surface area contributed by atoms with Crippen LogP contribution in [0.3, 0.4) is 0 Å². The molecule has 0 atom stereocenters. The summed E-state index contributed by atoms with van der Waals surface area (Å²) >= 11 is 11.2. The van der Waals surface area contributed by atoms with Gasteiger partial charge in [-0.25, -0.2) is 0 Å². The van der Waals surface area contributed by atoms with E-state index in [0.29, 0.717) is 46.1 Å². The number of aromatic nitrogens is 4. The number of carbonyl (C=O) groups is 1. The van der Waals surface area contributed by atoms with Crippen molar-refractivity contribution in [3.05, 3.63) is 96.0 Å². The number of benzene rings is 4. The van der Waals surface area contributed by atoms with Gasteiger partial charge in [-0.05, 0) is 76.7 Å². The van der Waals surface area contributed by atoms with Crippen LogP contribution in [0.15, 0.2) is 91.0 Å². The van der Waals surface area contributed by atoms with E-state index in [-0.39, 0.29) is 12.5 Å². The van der Waals surface area contributed by atoms with Crippen LogP contribution in [0.1, 0.15) is 0 Å². The molecule has 0 unspecified atom stereocenters. The first-order chi connectivity index (χ1) is 19.0. The number of nitrogens with zero attached hydrogens (tertiary/aromatic N) is 4. The molecule has 1 amide bonds. The molecule has 0 aliphatic rings. The summed E-state index contributed by atoms with van der Waals surface area (Å²) in [4.78, 5) is 13.6. The highest BCUT2D eigenvalue weighted by Crippen LogP contribution is 2.32. The van der Waals surface area contributed by atoms with E-state index in [4.69, 9.17) is 28.6 Å². The maximum Gasteiger partial charge on any atom is 0.243 e. The molecule has 0 aliphatic carbocycles. The van der Waals surface area contributed by atoms with Gasteiger partial charge in [0.15, 0.2) is 5.11 Å². The Labute approximate surface area is 235 Å². The lowest BCUT2D eigenvalue weighted by atomic mass is 10.1. The number of para-hydroxylation sites is 1. The van der Waals surface area contributed by atoms with Crippen LogP contribution in [-0.2, 0) is 11.3 Å². The average Bonchev–Trinajstić information content (AvgIpc) is 3.41. The molecule has 1 aromatic heterocycles. The van der Waals surface area contributed by atoms with Crippen LogP contribution in [0.5, 0.6) is 11.5 Å². The van der Waals surface area contributed by atoms with Crippen molar-refractivity contribution in [1.82, 2.24) is 30.8 Å². The largest absolute Gasteiger partial charge is 0.457 e. The van der Waals surface area contributed by atoms with Crippen molar-refractivity contribution in [2.24, 2.45) is 0 Å². The molecular formula is C28H24ClN7O2S. The number of ether oxygens (including phenoxy) is 1. The lowest BCUT2D eigenvalue weighted by Crippen LogP contribution is -2.38. The van der Waals surface area contributed by atoms with Crippen molar-refractivity contribution >= 4 is 51.3 Å². The summed E-state index contributed by atoms with van der Waals surface area (Å²) in [6.07, 6.45) is 0. The zero-order valence-corrected chi connectivity index (χ0v) is 22.2. The highest BCUT2D eigenvalue weighted by Gasteiger charge is 2.14. The Balaban J connectivity index is 1.13. The van der Waals surface area contributed by atoms with Gasteiger partial charge in [0, 0.05) is 23.8 Å². The smallest absolute Gasteiger partial charge is 0.243 e. The summed E-state index contributed by atoms with van der Waals surface area (Å²) in [5, 5.41) is 24.7. The number of halogens is 1. The van der Waals surface area contributed by atoms with Crippen molar-refractivity contribution in [2.75, 3.05) is 18.4 Å². The maximum absolute atomic E-state index is 12.4. The SMILES string of the molecule is O=C(Cn1nnc(-c2ccccc2Oc2ccc3ccccc3c2)n1)NCCNC(=S)Nc1ccc(Cl)cc1. The number of carbonyl (C=O) groups excluding carboxylic acids is 1. The molecule has 0 aliphatic heterocycles. The Morgan fingerprint density at radius 3 is 2.49 bits per heavy atom. The number of thiocarbonyl (C=S) groups is 1. The van der Waals surface area contributed by atoms with Crippen LogP contribution in [-0.4, -0.2) is 44.3 Å². The van der Waals surface area contributed by atoms with E-state index >= 15 is 0 Å². The summed E-state index contributed by atoms with van der Waals surface area (Å²) in [6, 6.07) is 28.6. The highest BCUT2D eigenvalue weighted by atomic mass is 35.5. The summed E-state index contributed by atoms with van der Waals surface area (Å²) in [7, 11) is 0. The van der Waals surface area contributed by atoms with E-state index in [1.54, 1.807) is 12.1 Å². The topological polar surface area (TPSA) is 106 Å². The third-order valence-electron chi connectivity index (χ3n) is 5.65. The first kappa shape index (κ1) is 26.1. The van der Waals surface area contributed by atoms with Crippen molar-refractivity contribution in [1.29, 1.82) is 0 Å². The van der Waals surface area contributed by atoms with Crippen molar-refractivity contribution < 1.29 is 9.53 Å². The lowest BCUT2D eigenvalue weighted by molar-refractivity contribution is -0.122. The number of amides is 1. The minimum Gasteiger partial charge on any atom is -0.457 e. The van der Waals surface area contributed by atoms with E-state index in [9.17, 15) is 4.79 Å². The normalized spacial score (nSPS) is 10.7. The van der Waals surface area contributed by atoms with E-state index in [0.717, 1.165) is 16.5 Å². The van der Waals surface area contributed by atoms with Gasteiger partial charge in [0.2, 0.25) is 11.7 Å². The third kappa shape index (κ3) is 7.07. The van der Waals surface area contributed by atoms with Crippen LogP contribution < -0.4 is 20.7 Å². The first-order valence-electron chi connectivity index (χ1n) is 12.1. The summed E-state index contributed by atoms with van der Waals surface area (Å²) in [6.45, 7) is 0.736. The van der Waals surface area contributed by atoms with Gasteiger partial charge in [0.05, 0.1) is 5.56 Å². The highest BCUT2D eigenvalue weighted by molar-refractivity contribution is 7.80. The molecule has 5 rings (SSSR count). The molecule has 0 bridgehead atoms. The summed E-state index contributed by atoms with van der Waals surface area (Å²) in [5.74, 6) is 1.40. The van der Waals surface area contributed by atoms with Crippen LogP contribution >= 0.6 is 23.8 Å². The molecule has 11 heteroatoms. The van der Waals surface area contributed by atoms with Crippen molar-refractivity contribution in [3.63, 3.8) is 0 Å². The molecule has 3 N–H and O–H groups in total. The van der Waals surface area contributed by atoms with Crippen LogP contribution in [0, 0.1) is 0 Å². The number of fused-ring (bicyclic) bond motifs is 1. The summed E-state index contributed by atoms with van der Waals surface area (Å²) < 4.78 is 6.17. The predicted octanol–water partition coefficient (Wildman–Crippen LogP) is 5.04. The van der Waals surface area contributed by atoms with E-state index in [1.165, 1.54) is 4.80 Å². The van der Waals surface area contributed by atoms with E-state index in [2.05, 4.69) is 37.4 Å². The number of nitrogens with one attached hydrogen (secondary N) is 3. The van der Waals surface area contributed by atoms with Gasteiger partial charge in [-0.1, -0.05) is 54.1 Å². The third-order valence-corrected chi connectivity index (χ3v) is 6.15. The second-order valence-electron chi connectivity index (χ2n) is 8.49. The van der Waals surface area contributed by atoms with Crippen molar-refractivity contribution in [3.8, 4) is 22.9 Å². The first-order valence-corrected chi connectivity index (χ1v) is 12.9. The fraction of sp³-hybridized carbons (Fsp3) is 0.107. The van der Waals surface area contributed by atoms with Gasteiger partial charge >= 0.3 is 0 Å². The van der Waals surface area contributed by atoms with Crippen LogP contribution in [0.4, 0.5) is 5.69 Å². The Hall–Kier alpha value is -4.54. The molecule has 0 saturated heterocycles. The molecular weight excluding hydrogens is 534 g/mol. The minimum absolute atomic E-state index is 0.0752. The standard InChI is InChI=1S/C28H24ClN7O2S/c29-21-10-12-22(13-11-21)32-28(39)31-16-15-30-26(37)18-36-34-27(33-35-36)24-7-3-4-8-25(24)38-23-14-9-19-5-1-2-6-20(19)17-23/h1-14,17H,15-16,18H2,(H,30,37)(H2,31,32,39). The average molecular weight is 558 g/mol. The zero-order valence-electron chi connectivity index (χ0n) is 20.7. The van der Waals surface area contributed by atoms with Gasteiger partial charge in [-0.3, -0.25) is 4.79 Å². The molecule has 5 aromatic rings. The number of rotatable bonds is 9. The zero-order chi connectivity index (χ0) is 27.0. The molecule has 9 nitrogen and oxygen atoms in total. The Bertz CT molecular complexity index is 1610. The number of anilines is 1. The second-order valence-corrected chi connectivity index (χ2v) is 9.33. The maximum atomic E-state index is 12.4. The van der Waals surface area contributed by atoms with Crippen LogP contribution in [0.2, 0.25) is 5.02 Å². The Morgan fingerprint density at radius 1 is 0.897 bits per heavy atom. The molecule has 0 radical (unpaired) electrons. The van der Waals surface area contributed by atoms with Gasteiger partial charge in [-0.15, -0.1) is 10.2 Å². The van der Waals surface area contributed by atoms with Gasteiger partial charge in [0.25, 0.3) is 0 Å². The minimum atomic E-state index is -0.252. The second kappa shape index (κ2) is 12.3. The fourth-order valence-electron chi connectivity index (χ4n) is 3.79. The monoisotopic (exact) mass is 557 g/mol. The molecule has 0 saturated carbocycles. The molecule has 0 fully saturated rings. The molecule has 39 heavy (non-hydrogen) atoms. The molecule has 0 spiro atoms. The molecule has 196 valence electrons. The molecule has 1 heterocycles. The van der Waals surface area contributed by atoms with E-state index < -0.39 is 0 Å². The predicted molar refractivity (Wildman–Crippen MR) is 156 cm³/mol. The quantitative estimate of drug-likeness (QED) is 0.171. The van der Waals surface area contributed by atoms with Crippen molar-refractivity contribution in [2.45, 2.75) is 6.54 Å². The number of tetrazole rings is 1. The molecule has 4 aromatic carbocycles. The van der Waals surface area contributed by atoms with Gasteiger partial charge in [0.1, 0.15) is 18.0 Å². The fourth-order valence-corrected chi connectivity index (χ4v) is 4.13. The van der Waals surface area contributed by atoms with Gasteiger partial charge < -0.3 is 20.7 Å². The number of hydrogen-bond acceptors (Lipinski definition) is 6. The Morgan fingerprint density at radius 2 is 1.64 bits per heavy atom. The Kier molecular flexibility index (Phi) is 8.25. The van der Waals surface area contributed by atoms with E-state index in [1.807, 2.05) is 72.8 Å². The van der Waals surface area contributed by atoms with Crippen LogP contribution in [0.25, 0.3) is 22.2 Å². The van der Waals surface area contributed by atoms with Gasteiger partial charge in [-0.2, -0.15) is 4.80 Å². The number of hydrogen-bond donors (Lipinski definition) is 3. The lowest BCUT2D eigenvalue weighted by Gasteiger charge is -2.11.